The Kier molecular flexibility index (Phi) is 5.57. The molecule has 7 heteroatoms. The van der Waals surface area contributed by atoms with Crippen LogP contribution in [0.4, 0.5) is 5.69 Å². The van der Waals surface area contributed by atoms with Crippen molar-refractivity contribution in [2.75, 3.05) is 12.4 Å². The lowest BCUT2D eigenvalue weighted by molar-refractivity contribution is -0.120. The third kappa shape index (κ3) is 3.81. The molecule has 0 aromatic heterocycles. The number of para-hydroxylation sites is 2. The molecule has 6 nitrogen and oxygen atoms in total. The number of carbonyl (C=O) groups excluding carboxylic acids is 1. The number of ether oxygens (including phenoxy) is 1. The summed E-state index contributed by atoms with van der Waals surface area (Å²) in [6.07, 6.45) is 0.295. The Balaban J connectivity index is 1.72. The summed E-state index contributed by atoms with van der Waals surface area (Å²) in [5.74, 6) is 0.119. The number of hydrogen-bond donors (Lipinski definition) is 1. The Morgan fingerprint density at radius 2 is 1.57 bits per heavy atom. The summed E-state index contributed by atoms with van der Waals surface area (Å²) in [4.78, 5) is 13.4. The van der Waals surface area contributed by atoms with Gasteiger partial charge in [-0.05, 0) is 41.8 Å². The topological polar surface area (TPSA) is 75.7 Å². The van der Waals surface area contributed by atoms with Crippen molar-refractivity contribution in [2.24, 2.45) is 0 Å². The van der Waals surface area contributed by atoms with E-state index in [1.54, 1.807) is 54.6 Å². The van der Waals surface area contributed by atoms with Gasteiger partial charge in [-0.2, -0.15) is 4.31 Å². The minimum Gasteiger partial charge on any atom is -0.495 e. The number of benzene rings is 3. The zero-order valence-electron chi connectivity index (χ0n) is 16.5. The van der Waals surface area contributed by atoms with Gasteiger partial charge < -0.3 is 10.1 Å². The molecular formula is C23H22N2O4S. The number of fused-ring (bicyclic) bond motifs is 1. The van der Waals surface area contributed by atoms with E-state index in [4.69, 9.17) is 4.74 Å². The molecule has 1 aliphatic heterocycles. The number of carbonyl (C=O) groups is 1. The molecule has 3 aromatic rings. The molecule has 1 amide bonds. The lowest BCUT2D eigenvalue weighted by Crippen LogP contribution is -2.50. The van der Waals surface area contributed by atoms with Crippen LogP contribution in [0.15, 0.2) is 83.8 Å². The summed E-state index contributed by atoms with van der Waals surface area (Å²) in [5.41, 5.74) is 2.37. The van der Waals surface area contributed by atoms with Crippen LogP contribution in [0, 0.1) is 0 Å². The van der Waals surface area contributed by atoms with Gasteiger partial charge in [0.05, 0.1) is 17.7 Å². The van der Waals surface area contributed by atoms with E-state index in [-0.39, 0.29) is 11.4 Å². The Morgan fingerprint density at radius 1 is 0.933 bits per heavy atom. The van der Waals surface area contributed by atoms with Crippen LogP contribution < -0.4 is 10.1 Å². The molecule has 1 aliphatic rings. The quantitative estimate of drug-likeness (QED) is 0.683. The first-order chi connectivity index (χ1) is 14.5. The molecule has 4 rings (SSSR count). The van der Waals surface area contributed by atoms with Gasteiger partial charge in [-0.25, -0.2) is 8.42 Å². The largest absolute Gasteiger partial charge is 0.495 e. The normalized spacial score (nSPS) is 16.5. The monoisotopic (exact) mass is 422 g/mol. The van der Waals surface area contributed by atoms with E-state index in [2.05, 4.69) is 5.32 Å². The highest BCUT2D eigenvalue weighted by molar-refractivity contribution is 7.89. The van der Waals surface area contributed by atoms with E-state index in [0.29, 0.717) is 17.9 Å². The minimum atomic E-state index is -3.87. The Labute approximate surface area is 176 Å². The SMILES string of the molecule is COc1ccccc1NC(=O)C1Cc2ccccc2CN1S(=O)(=O)c1ccccc1. The second-order valence-electron chi connectivity index (χ2n) is 7.04. The first kappa shape index (κ1) is 20.1. The van der Waals surface area contributed by atoms with Crippen LogP contribution in [0.25, 0.3) is 0 Å². The summed E-state index contributed by atoms with van der Waals surface area (Å²) >= 11 is 0. The van der Waals surface area contributed by atoms with Crippen molar-refractivity contribution < 1.29 is 17.9 Å². The highest BCUT2D eigenvalue weighted by Crippen LogP contribution is 2.31. The summed E-state index contributed by atoms with van der Waals surface area (Å²) in [6, 6.07) is 22.0. The molecule has 0 aliphatic carbocycles. The van der Waals surface area contributed by atoms with Crippen molar-refractivity contribution in [1.29, 1.82) is 0 Å². The zero-order chi connectivity index (χ0) is 21.1. The van der Waals surface area contributed by atoms with Crippen LogP contribution in [0.5, 0.6) is 5.75 Å². The van der Waals surface area contributed by atoms with Gasteiger partial charge in [-0.15, -0.1) is 0 Å². The number of nitrogens with zero attached hydrogens (tertiary/aromatic N) is 1. The average Bonchev–Trinajstić information content (AvgIpc) is 2.79. The molecule has 0 saturated heterocycles. The maximum absolute atomic E-state index is 13.4. The number of rotatable bonds is 5. The van der Waals surface area contributed by atoms with Gasteiger partial charge in [0, 0.05) is 6.54 Å². The smallest absolute Gasteiger partial charge is 0.244 e. The molecule has 1 heterocycles. The van der Waals surface area contributed by atoms with E-state index < -0.39 is 22.0 Å². The second-order valence-corrected chi connectivity index (χ2v) is 8.93. The van der Waals surface area contributed by atoms with Gasteiger partial charge >= 0.3 is 0 Å². The van der Waals surface area contributed by atoms with Gasteiger partial charge in [-0.1, -0.05) is 54.6 Å². The van der Waals surface area contributed by atoms with Crippen LogP contribution in [0.1, 0.15) is 11.1 Å². The van der Waals surface area contributed by atoms with Crippen molar-refractivity contribution in [3.05, 3.63) is 90.0 Å². The standard InChI is InChI=1S/C23H22N2O4S/c1-29-22-14-8-7-13-20(22)24-23(26)21-15-17-9-5-6-10-18(17)16-25(21)30(27,28)19-11-3-2-4-12-19/h2-14,21H,15-16H2,1H3,(H,24,26). The zero-order valence-corrected chi connectivity index (χ0v) is 17.3. The number of methoxy groups -OCH3 is 1. The fourth-order valence-corrected chi connectivity index (χ4v) is 5.25. The molecule has 1 unspecified atom stereocenters. The third-order valence-electron chi connectivity index (χ3n) is 5.22. The molecule has 3 aromatic carbocycles. The molecular weight excluding hydrogens is 400 g/mol. The molecule has 0 saturated carbocycles. The van der Waals surface area contributed by atoms with Gasteiger partial charge in [-0.3, -0.25) is 4.79 Å². The van der Waals surface area contributed by atoms with Crippen molar-refractivity contribution >= 4 is 21.6 Å². The van der Waals surface area contributed by atoms with Gasteiger partial charge in [0.15, 0.2) is 0 Å². The Morgan fingerprint density at radius 3 is 2.30 bits per heavy atom. The lowest BCUT2D eigenvalue weighted by atomic mass is 9.95. The fourth-order valence-electron chi connectivity index (χ4n) is 3.67. The van der Waals surface area contributed by atoms with Crippen molar-refractivity contribution in [1.82, 2.24) is 4.31 Å². The third-order valence-corrected chi connectivity index (χ3v) is 7.09. The average molecular weight is 423 g/mol. The number of amides is 1. The Hall–Kier alpha value is -3.16. The number of nitrogens with one attached hydrogen (secondary N) is 1. The first-order valence-electron chi connectivity index (χ1n) is 9.58. The number of hydrogen-bond acceptors (Lipinski definition) is 4. The Bertz CT molecular complexity index is 1160. The van der Waals surface area contributed by atoms with Gasteiger partial charge in [0.1, 0.15) is 11.8 Å². The van der Waals surface area contributed by atoms with E-state index in [1.165, 1.54) is 11.4 Å². The van der Waals surface area contributed by atoms with Crippen molar-refractivity contribution in [2.45, 2.75) is 23.9 Å². The predicted molar refractivity (Wildman–Crippen MR) is 115 cm³/mol. The van der Waals surface area contributed by atoms with E-state index in [9.17, 15) is 13.2 Å². The van der Waals surface area contributed by atoms with E-state index >= 15 is 0 Å². The minimum absolute atomic E-state index is 0.136. The maximum atomic E-state index is 13.4. The maximum Gasteiger partial charge on any atom is 0.244 e. The van der Waals surface area contributed by atoms with Gasteiger partial charge in [0.2, 0.25) is 15.9 Å². The molecule has 0 bridgehead atoms. The molecule has 30 heavy (non-hydrogen) atoms. The molecule has 0 fully saturated rings. The van der Waals surface area contributed by atoms with Crippen LogP contribution >= 0.6 is 0 Å². The summed E-state index contributed by atoms with van der Waals surface area (Å²) < 4.78 is 33.4. The summed E-state index contributed by atoms with van der Waals surface area (Å²) in [5, 5.41) is 2.85. The summed E-state index contributed by atoms with van der Waals surface area (Å²) in [7, 11) is -2.34. The number of anilines is 1. The van der Waals surface area contributed by atoms with E-state index in [0.717, 1.165) is 11.1 Å². The highest BCUT2D eigenvalue weighted by atomic mass is 32.2. The highest BCUT2D eigenvalue weighted by Gasteiger charge is 2.39. The predicted octanol–water partition coefficient (Wildman–Crippen LogP) is 3.45. The van der Waals surface area contributed by atoms with Crippen LogP contribution in [-0.2, 0) is 27.8 Å². The molecule has 0 spiro atoms. The first-order valence-corrected chi connectivity index (χ1v) is 11.0. The van der Waals surface area contributed by atoms with Crippen LogP contribution in [-0.4, -0.2) is 31.8 Å². The number of sulfonamides is 1. The van der Waals surface area contributed by atoms with Crippen molar-refractivity contribution in [3.8, 4) is 5.75 Å². The van der Waals surface area contributed by atoms with E-state index in [1.807, 2.05) is 24.3 Å². The van der Waals surface area contributed by atoms with Crippen molar-refractivity contribution in [3.63, 3.8) is 0 Å². The second kappa shape index (κ2) is 8.30. The molecule has 154 valence electrons. The molecule has 1 atom stereocenters. The molecule has 1 N–H and O–H groups in total. The summed E-state index contributed by atoms with van der Waals surface area (Å²) in [6.45, 7) is 0.136. The van der Waals surface area contributed by atoms with Gasteiger partial charge in [0.25, 0.3) is 0 Å². The van der Waals surface area contributed by atoms with Crippen LogP contribution in [0.3, 0.4) is 0 Å². The molecule has 0 radical (unpaired) electrons. The fraction of sp³-hybridized carbons (Fsp3) is 0.174. The van der Waals surface area contributed by atoms with Crippen LogP contribution in [0.2, 0.25) is 0 Å². The lowest BCUT2D eigenvalue weighted by Gasteiger charge is -2.35.